The number of rotatable bonds is 7. The zero-order chi connectivity index (χ0) is 38.8. The zero-order valence-corrected chi connectivity index (χ0v) is 32.4. The maximum Gasteiger partial charge on any atom is 0.138 e. The minimum atomic E-state index is -0.128. The molecule has 0 amide bonds. The van der Waals surface area contributed by atoms with Crippen LogP contribution in [0.4, 0.5) is 34.1 Å². The van der Waals surface area contributed by atoms with E-state index in [0.717, 1.165) is 62.0 Å². The monoisotopic (exact) mass is 744 g/mol. The third-order valence-corrected chi connectivity index (χ3v) is 12.0. The quantitative estimate of drug-likeness (QED) is 0.162. The van der Waals surface area contributed by atoms with E-state index >= 15 is 0 Å². The highest BCUT2D eigenvalue weighted by molar-refractivity contribution is 6.07. The fraction of sp³-hybridized carbons (Fsp3) is 0.0545. The number of fused-ring (bicyclic) bond motifs is 5. The molecule has 9 aromatic carbocycles. The van der Waals surface area contributed by atoms with Gasteiger partial charge in [-0.1, -0.05) is 141 Å². The Labute approximate surface area is 339 Å². The van der Waals surface area contributed by atoms with Gasteiger partial charge in [0.05, 0.1) is 5.69 Å². The highest BCUT2D eigenvalue weighted by Crippen LogP contribution is 2.53. The number of hydrogen-bond donors (Lipinski definition) is 0. The van der Waals surface area contributed by atoms with Crippen LogP contribution in [0.1, 0.15) is 25.0 Å². The maximum absolute atomic E-state index is 6.94. The molecule has 0 atom stereocenters. The van der Waals surface area contributed by atoms with Gasteiger partial charge >= 0.3 is 0 Å². The van der Waals surface area contributed by atoms with E-state index < -0.39 is 0 Å². The van der Waals surface area contributed by atoms with Crippen LogP contribution in [-0.4, -0.2) is 0 Å². The van der Waals surface area contributed by atoms with Crippen LogP contribution in [0, 0.1) is 0 Å². The third-order valence-electron chi connectivity index (χ3n) is 12.0. The summed E-state index contributed by atoms with van der Waals surface area (Å²) in [5.41, 5.74) is 16.3. The van der Waals surface area contributed by atoms with E-state index in [0.29, 0.717) is 0 Å². The lowest BCUT2D eigenvalue weighted by Gasteiger charge is -2.30. The van der Waals surface area contributed by atoms with Gasteiger partial charge in [0.2, 0.25) is 0 Å². The average molecular weight is 745 g/mol. The molecule has 2 aliphatic rings. The average Bonchev–Trinajstić information content (AvgIpc) is 3.50. The van der Waals surface area contributed by atoms with Crippen LogP contribution in [0.5, 0.6) is 11.5 Å². The van der Waals surface area contributed by atoms with Gasteiger partial charge in [0, 0.05) is 50.9 Å². The van der Waals surface area contributed by atoms with E-state index in [1.165, 1.54) is 38.9 Å². The van der Waals surface area contributed by atoms with Crippen molar-refractivity contribution in [1.82, 2.24) is 0 Å². The number of hydrogen-bond acceptors (Lipinski definition) is 3. The van der Waals surface area contributed by atoms with Crippen LogP contribution >= 0.6 is 0 Å². The SMILES string of the molecule is CC1(C)c2ccccc2-c2ccc(N(c3ccc(-c4ccccc4)cc3)c3cc4c5c(cccc5c3)-c3cc(N(c5ccccc5)c5ccccc5)ccc3O4)cc21. The van der Waals surface area contributed by atoms with Crippen LogP contribution in [0.25, 0.3) is 44.2 Å². The second-order valence-electron chi connectivity index (χ2n) is 15.8. The summed E-state index contributed by atoms with van der Waals surface area (Å²) >= 11 is 0. The third kappa shape index (κ3) is 5.50. The summed E-state index contributed by atoms with van der Waals surface area (Å²) < 4.78 is 6.94. The predicted molar refractivity (Wildman–Crippen MR) is 242 cm³/mol. The fourth-order valence-electron chi connectivity index (χ4n) is 9.20. The van der Waals surface area contributed by atoms with Crippen molar-refractivity contribution in [1.29, 1.82) is 0 Å². The second kappa shape index (κ2) is 13.4. The van der Waals surface area contributed by atoms with E-state index in [4.69, 9.17) is 4.74 Å². The van der Waals surface area contributed by atoms with Crippen molar-refractivity contribution in [3.8, 4) is 44.9 Å². The van der Waals surface area contributed by atoms with E-state index in [-0.39, 0.29) is 5.41 Å². The van der Waals surface area contributed by atoms with E-state index in [9.17, 15) is 0 Å². The molecule has 1 heterocycles. The number of anilines is 6. The number of benzene rings is 9. The molecule has 0 fully saturated rings. The number of ether oxygens (including phenoxy) is 1. The molecule has 0 radical (unpaired) electrons. The molecule has 1 aliphatic carbocycles. The van der Waals surface area contributed by atoms with Crippen LogP contribution in [0.15, 0.2) is 206 Å². The van der Waals surface area contributed by atoms with Crippen LogP contribution in [0.3, 0.4) is 0 Å². The molecule has 3 heteroatoms. The van der Waals surface area contributed by atoms with Gasteiger partial charge < -0.3 is 14.5 Å². The lowest BCUT2D eigenvalue weighted by Crippen LogP contribution is -2.16. The summed E-state index contributed by atoms with van der Waals surface area (Å²) in [5.74, 6) is 1.70. The van der Waals surface area contributed by atoms with Crippen molar-refractivity contribution < 1.29 is 4.74 Å². The maximum atomic E-state index is 6.94. The van der Waals surface area contributed by atoms with Crippen molar-refractivity contribution in [3.05, 3.63) is 217 Å². The Hall–Kier alpha value is -7.36. The van der Waals surface area contributed by atoms with Gasteiger partial charge in [0.1, 0.15) is 11.5 Å². The Morgan fingerprint density at radius 2 is 0.897 bits per heavy atom. The first kappa shape index (κ1) is 33.9. The van der Waals surface area contributed by atoms with E-state index in [1.807, 2.05) is 0 Å². The molecule has 3 nitrogen and oxygen atoms in total. The predicted octanol–water partition coefficient (Wildman–Crippen LogP) is 15.5. The highest BCUT2D eigenvalue weighted by atomic mass is 16.5. The summed E-state index contributed by atoms with van der Waals surface area (Å²) in [7, 11) is 0. The van der Waals surface area contributed by atoms with Gasteiger partial charge in [0.15, 0.2) is 0 Å². The molecule has 0 bridgehead atoms. The fourth-order valence-corrected chi connectivity index (χ4v) is 9.20. The van der Waals surface area contributed by atoms with E-state index in [1.54, 1.807) is 0 Å². The first-order valence-corrected chi connectivity index (χ1v) is 20.0. The molecule has 0 saturated carbocycles. The summed E-state index contributed by atoms with van der Waals surface area (Å²) in [4.78, 5) is 4.69. The van der Waals surface area contributed by atoms with Crippen molar-refractivity contribution in [2.24, 2.45) is 0 Å². The Balaban J connectivity index is 1.05. The summed E-state index contributed by atoms with van der Waals surface area (Å²) in [6.07, 6.45) is 0. The van der Waals surface area contributed by atoms with Crippen molar-refractivity contribution in [2.45, 2.75) is 19.3 Å². The Bertz CT molecular complexity index is 2950. The van der Waals surface area contributed by atoms with E-state index in [2.05, 4.69) is 230 Å². The molecule has 0 saturated heterocycles. The molecular formula is C55H40N2O. The normalized spacial score (nSPS) is 12.9. The Morgan fingerprint density at radius 1 is 0.345 bits per heavy atom. The summed E-state index contributed by atoms with van der Waals surface area (Å²) in [6.45, 7) is 4.69. The van der Waals surface area contributed by atoms with Crippen LogP contribution in [0.2, 0.25) is 0 Å². The van der Waals surface area contributed by atoms with Gasteiger partial charge in [-0.3, -0.25) is 0 Å². The van der Waals surface area contributed by atoms with Crippen molar-refractivity contribution in [2.75, 3.05) is 9.80 Å². The minimum Gasteiger partial charge on any atom is -0.456 e. The molecule has 58 heavy (non-hydrogen) atoms. The molecule has 0 spiro atoms. The Morgan fingerprint density at radius 3 is 1.64 bits per heavy atom. The Kier molecular flexibility index (Phi) is 7.84. The minimum absolute atomic E-state index is 0.128. The lowest BCUT2D eigenvalue weighted by molar-refractivity contribution is 0.487. The van der Waals surface area contributed by atoms with Gasteiger partial charge in [-0.15, -0.1) is 0 Å². The zero-order valence-electron chi connectivity index (χ0n) is 32.4. The lowest BCUT2D eigenvalue weighted by atomic mass is 9.82. The summed E-state index contributed by atoms with van der Waals surface area (Å²) in [6, 6.07) is 74.1. The van der Waals surface area contributed by atoms with Crippen LogP contribution < -0.4 is 14.5 Å². The molecule has 276 valence electrons. The number of nitrogens with zero attached hydrogens (tertiary/aromatic N) is 2. The molecule has 1 aliphatic heterocycles. The second-order valence-corrected chi connectivity index (χ2v) is 15.8. The van der Waals surface area contributed by atoms with Gasteiger partial charge in [-0.05, 0) is 117 Å². The molecule has 9 aromatic rings. The first-order chi connectivity index (χ1) is 28.5. The van der Waals surface area contributed by atoms with Crippen molar-refractivity contribution >= 4 is 44.9 Å². The smallest absolute Gasteiger partial charge is 0.138 e. The van der Waals surface area contributed by atoms with Crippen molar-refractivity contribution in [3.63, 3.8) is 0 Å². The van der Waals surface area contributed by atoms with Gasteiger partial charge in [0.25, 0.3) is 0 Å². The number of para-hydroxylation sites is 2. The molecule has 0 aromatic heterocycles. The molecule has 11 rings (SSSR count). The highest BCUT2D eigenvalue weighted by Gasteiger charge is 2.36. The largest absolute Gasteiger partial charge is 0.456 e. The van der Waals surface area contributed by atoms with Gasteiger partial charge in [-0.2, -0.15) is 0 Å². The molecule has 0 unspecified atom stereocenters. The van der Waals surface area contributed by atoms with Crippen LogP contribution in [-0.2, 0) is 5.41 Å². The first-order valence-electron chi connectivity index (χ1n) is 20.0. The molecular weight excluding hydrogens is 705 g/mol. The standard InChI is InChI=1S/C55H40N2O/c1-55(2)50-24-13-12-22-46(50)47-31-29-44(35-51(47)55)57(42-27-25-38(26-28-42)37-15-6-3-7-16-37)45-33-39-17-14-23-48-49-34-43(30-32-52(49)58-53(36-45)54(39)48)56(40-18-8-4-9-19-40)41-20-10-5-11-21-41/h3-36H,1-2H3. The summed E-state index contributed by atoms with van der Waals surface area (Å²) in [5, 5.41) is 2.25. The van der Waals surface area contributed by atoms with Gasteiger partial charge in [-0.25, -0.2) is 0 Å². The molecule has 0 N–H and O–H groups in total. The topological polar surface area (TPSA) is 15.7 Å².